The first kappa shape index (κ1) is 13.1. The molecule has 0 fully saturated rings. The number of hydrogen-bond acceptors (Lipinski definition) is 4. The summed E-state index contributed by atoms with van der Waals surface area (Å²) in [5.41, 5.74) is 1.31. The van der Waals surface area contributed by atoms with Gasteiger partial charge in [-0.15, -0.1) is 11.3 Å². The Bertz CT molecular complexity index is 467. The van der Waals surface area contributed by atoms with Gasteiger partial charge in [-0.3, -0.25) is 0 Å². The van der Waals surface area contributed by atoms with Crippen molar-refractivity contribution in [1.29, 1.82) is 0 Å². The molecular weight excluding hydrogens is 242 g/mol. The van der Waals surface area contributed by atoms with Crippen molar-refractivity contribution < 1.29 is 0 Å². The maximum absolute atomic E-state index is 4.47. The summed E-state index contributed by atoms with van der Waals surface area (Å²) in [5.74, 6) is 0. The van der Waals surface area contributed by atoms with Crippen LogP contribution in [0.2, 0.25) is 0 Å². The molecule has 0 aliphatic carbocycles. The van der Waals surface area contributed by atoms with E-state index < -0.39 is 0 Å². The molecule has 0 spiro atoms. The SMILES string of the molecule is CCNCc1cnc(N(C)Cc2ccccc2)s1. The average Bonchev–Trinajstić information content (AvgIpc) is 2.86. The number of benzene rings is 1. The Morgan fingerprint density at radius 2 is 2.06 bits per heavy atom. The highest BCUT2D eigenvalue weighted by Gasteiger charge is 2.07. The molecule has 0 radical (unpaired) electrons. The fourth-order valence-corrected chi connectivity index (χ4v) is 2.57. The van der Waals surface area contributed by atoms with Crippen LogP contribution in [0.25, 0.3) is 0 Å². The lowest BCUT2D eigenvalue weighted by atomic mass is 10.2. The van der Waals surface area contributed by atoms with Gasteiger partial charge in [-0.25, -0.2) is 4.98 Å². The summed E-state index contributed by atoms with van der Waals surface area (Å²) in [6, 6.07) is 10.5. The van der Waals surface area contributed by atoms with Gasteiger partial charge in [0.05, 0.1) is 0 Å². The van der Waals surface area contributed by atoms with Gasteiger partial charge in [-0.05, 0) is 12.1 Å². The Morgan fingerprint density at radius 3 is 2.78 bits per heavy atom. The Labute approximate surface area is 112 Å². The van der Waals surface area contributed by atoms with Crippen LogP contribution >= 0.6 is 11.3 Å². The second-order valence-corrected chi connectivity index (χ2v) is 5.32. The standard InChI is InChI=1S/C14H19N3S/c1-3-15-9-13-10-16-14(18-13)17(2)11-12-7-5-4-6-8-12/h4-8,10,15H,3,9,11H2,1-2H3. The van der Waals surface area contributed by atoms with E-state index in [1.807, 2.05) is 12.3 Å². The topological polar surface area (TPSA) is 28.2 Å². The van der Waals surface area contributed by atoms with Gasteiger partial charge in [-0.2, -0.15) is 0 Å². The molecule has 1 aromatic carbocycles. The highest BCUT2D eigenvalue weighted by atomic mass is 32.1. The third-order valence-electron chi connectivity index (χ3n) is 2.68. The number of nitrogens with one attached hydrogen (secondary N) is 1. The maximum Gasteiger partial charge on any atom is 0.185 e. The molecule has 96 valence electrons. The molecule has 0 amide bonds. The maximum atomic E-state index is 4.47. The highest BCUT2D eigenvalue weighted by Crippen LogP contribution is 2.22. The molecule has 0 unspecified atom stereocenters. The zero-order valence-corrected chi connectivity index (χ0v) is 11.7. The van der Waals surface area contributed by atoms with Crippen LogP contribution in [0.3, 0.4) is 0 Å². The first-order valence-corrected chi connectivity index (χ1v) is 7.01. The Morgan fingerprint density at radius 1 is 1.28 bits per heavy atom. The summed E-state index contributed by atoms with van der Waals surface area (Å²) < 4.78 is 0. The van der Waals surface area contributed by atoms with Gasteiger partial charge in [0.2, 0.25) is 0 Å². The van der Waals surface area contributed by atoms with E-state index in [0.717, 1.165) is 24.8 Å². The number of hydrogen-bond donors (Lipinski definition) is 1. The highest BCUT2D eigenvalue weighted by molar-refractivity contribution is 7.15. The van der Waals surface area contributed by atoms with Crippen molar-refractivity contribution in [2.75, 3.05) is 18.5 Å². The van der Waals surface area contributed by atoms with Crippen molar-refractivity contribution in [3.63, 3.8) is 0 Å². The van der Waals surface area contributed by atoms with Gasteiger partial charge in [0, 0.05) is 31.2 Å². The van der Waals surface area contributed by atoms with Gasteiger partial charge in [-0.1, -0.05) is 37.3 Å². The molecule has 3 nitrogen and oxygen atoms in total. The molecule has 2 aromatic rings. The molecular formula is C14H19N3S. The first-order valence-electron chi connectivity index (χ1n) is 6.20. The zero-order chi connectivity index (χ0) is 12.8. The molecule has 4 heteroatoms. The van der Waals surface area contributed by atoms with E-state index in [1.54, 1.807) is 11.3 Å². The van der Waals surface area contributed by atoms with Crippen molar-refractivity contribution in [3.05, 3.63) is 47.0 Å². The lowest BCUT2D eigenvalue weighted by molar-refractivity contribution is 0.734. The van der Waals surface area contributed by atoms with E-state index in [1.165, 1.54) is 10.4 Å². The van der Waals surface area contributed by atoms with Gasteiger partial charge in [0.25, 0.3) is 0 Å². The Hall–Kier alpha value is -1.39. The van der Waals surface area contributed by atoms with Crippen molar-refractivity contribution in [2.45, 2.75) is 20.0 Å². The minimum atomic E-state index is 0.898. The summed E-state index contributed by atoms with van der Waals surface area (Å²) in [4.78, 5) is 7.94. The number of thiazole rings is 1. The third kappa shape index (κ3) is 3.55. The summed E-state index contributed by atoms with van der Waals surface area (Å²) in [5, 5.41) is 4.39. The molecule has 0 atom stereocenters. The quantitative estimate of drug-likeness (QED) is 0.866. The number of aromatic nitrogens is 1. The van der Waals surface area contributed by atoms with E-state index in [4.69, 9.17) is 0 Å². The molecule has 0 saturated heterocycles. The number of rotatable bonds is 6. The van der Waals surface area contributed by atoms with Crippen molar-refractivity contribution >= 4 is 16.5 Å². The largest absolute Gasteiger partial charge is 0.347 e. The van der Waals surface area contributed by atoms with E-state index in [2.05, 4.69) is 53.4 Å². The Balaban J connectivity index is 1.96. The molecule has 0 saturated carbocycles. The average molecular weight is 261 g/mol. The monoisotopic (exact) mass is 261 g/mol. The van der Waals surface area contributed by atoms with Gasteiger partial charge in [0.1, 0.15) is 0 Å². The molecule has 18 heavy (non-hydrogen) atoms. The fourth-order valence-electron chi connectivity index (χ4n) is 1.73. The molecule has 0 bridgehead atoms. The van der Waals surface area contributed by atoms with Crippen LogP contribution in [0, 0.1) is 0 Å². The van der Waals surface area contributed by atoms with Crippen LogP contribution in [-0.4, -0.2) is 18.6 Å². The molecule has 0 aliphatic heterocycles. The van der Waals surface area contributed by atoms with Crippen molar-refractivity contribution in [1.82, 2.24) is 10.3 Å². The molecule has 1 N–H and O–H groups in total. The van der Waals surface area contributed by atoms with Crippen LogP contribution in [-0.2, 0) is 13.1 Å². The number of nitrogens with zero attached hydrogens (tertiary/aromatic N) is 2. The third-order valence-corrected chi connectivity index (χ3v) is 3.79. The summed E-state index contributed by atoms with van der Waals surface area (Å²) in [7, 11) is 2.09. The van der Waals surface area contributed by atoms with Crippen molar-refractivity contribution in [2.24, 2.45) is 0 Å². The molecule has 2 rings (SSSR count). The minimum Gasteiger partial charge on any atom is -0.347 e. The number of anilines is 1. The second-order valence-electron chi connectivity index (χ2n) is 4.23. The fraction of sp³-hybridized carbons (Fsp3) is 0.357. The summed E-state index contributed by atoms with van der Waals surface area (Å²) in [6.45, 7) is 4.92. The second kappa shape index (κ2) is 6.52. The van der Waals surface area contributed by atoms with Gasteiger partial charge in [0.15, 0.2) is 5.13 Å². The van der Waals surface area contributed by atoms with Crippen LogP contribution in [0.1, 0.15) is 17.4 Å². The lowest BCUT2D eigenvalue weighted by Gasteiger charge is -2.15. The van der Waals surface area contributed by atoms with Crippen LogP contribution < -0.4 is 10.2 Å². The van der Waals surface area contributed by atoms with Crippen molar-refractivity contribution in [3.8, 4) is 0 Å². The first-order chi connectivity index (χ1) is 8.79. The lowest BCUT2D eigenvalue weighted by Crippen LogP contribution is -2.15. The van der Waals surface area contributed by atoms with Crippen LogP contribution in [0.5, 0.6) is 0 Å². The Kier molecular flexibility index (Phi) is 4.73. The van der Waals surface area contributed by atoms with E-state index in [0.29, 0.717) is 0 Å². The molecule has 1 aromatic heterocycles. The van der Waals surface area contributed by atoms with Gasteiger partial charge >= 0.3 is 0 Å². The smallest absolute Gasteiger partial charge is 0.185 e. The van der Waals surface area contributed by atoms with E-state index in [9.17, 15) is 0 Å². The normalized spacial score (nSPS) is 10.6. The predicted octanol–water partition coefficient (Wildman–Crippen LogP) is 2.89. The zero-order valence-electron chi connectivity index (χ0n) is 10.9. The summed E-state index contributed by atoms with van der Waals surface area (Å²) >= 11 is 1.75. The molecule has 1 heterocycles. The van der Waals surface area contributed by atoms with E-state index in [-0.39, 0.29) is 0 Å². The minimum absolute atomic E-state index is 0.898. The molecule has 0 aliphatic rings. The predicted molar refractivity (Wildman–Crippen MR) is 78.0 cm³/mol. The van der Waals surface area contributed by atoms with Crippen LogP contribution in [0.15, 0.2) is 36.5 Å². The van der Waals surface area contributed by atoms with Crippen LogP contribution in [0.4, 0.5) is 5.13 Å². The summed E-state index contributed by atoms with van der Waals surface area (Å²) in [6.07, 6.45) is 1.96. The van der Waals surface area contributed by atoms with E-state index >= 15 is 0 Å². The van der Waals surface area contributed by atoms with Gasteiger partial charge < -0.3 is 10.2 Å².